The maximum absolute atomic E-state index is 5.53. The Morgan fingerprint density at radius 1 is 0.690 bits per heavy atom. The summed E-state index contributed by atoms with van der Waals surface area (Å²) in [5.74, 6) is 1.48. The molecule has 0 N–H and O–H groups in total. The zero-order chi connectivity index (χ0) is 19.8. The Hall–Kier alpha value is -1.08. The van der Waals surface area contributed by atoms with E-state index in [0.717, 1.165) is 28.3 Å². The normalized spacial score (nSPS) is 11.6. The first-order chi connectivity index (χ1) is 14.2. The molecular weight excluding hydrogens is 497 g/mol. The predicted molar refractivity (Wildman–Crippen MR) is 133 cm³/mol. The minimum Gasteiger partial charge on any atom is -0.313 e. The summed E-state index contributed by atoms with van der Waals surface area (Å²) in [6.45, 7) is 0. The molecule has 4 nitrogen and oxygen atoms in total. The van der Waals surface area contributed by atoms with Gasteiger partial charge in [-0.25, -0.2) is 0 Å². The molecule has 146 valence electrons. The number of benzene rings is 2. The number of para-hydroxylation sites is 2. The van der Waals surface area contributed by atoms with Gasteiger partial charge in [-0.15, -0.1) is 32.9 Å². The van der Waals surface area contributed by atoms with Crippen molar-refractivity contribution < 1.29 is 0 Å². The molecule has 0 saturated carbocycles. The number of rotatable bonds is 6. The zero-order valence-corrected chi connectivity index (χ0v) is 20.4. The van der Waals surface area contributed by atoms with Gasteiger partial charge in [0.05, 0.1) is 32.2 Å². The average molecular weight is 509 g/mol. The fourth-order valence-electron chi connectivity index (χ4n) is 2.83. The molecule has 0 aliphatic carbocycles. The first kappa shape index (κ1) is 19.9. The Morgan fingerprint density at radius 2 is 1.14 bits per heavy atom. The Labute approximate surface area is 197 Å². The highest BCUT2D eigenvalue weighted by atomic mass is 32.2. The van der Waals surface area contributed by atoms with Crippen molar-refractivity contribution in [1.82, 2.24) is 19.3 Å². The number of thiazole rings is 2. The van der Waals surface area contributed by atoms with Gasteiger partial charge in [-0.1, -0.05) is 59.1 Å². The zero-order valence-electron chi connectivity index (χ0n) is 14.7. The molecule has 29 heavy (non-hydrogen) atoms. The third-order valence-corrected chi connectivity index (χ3v) is 10.2. The molecular formula is C18H12N4S7. The third kappa shape index (κ3) is 4.09. The number of nitrogens with zero attached hydrogens (tertiary/aromatic N) is 4. The fraction of sp³-hybridized carbons (Fsp3) is 0.111. The highest BCUT2D eigenvalue weighted by Crippen LogP contribution is 2.33. The molecule has 0 saturated heterocycles. The molecule has 5 rings (SSSR count). The van der Waals surface area contributed by atoms with Gasteiger partial charge in [-0.05, 0) is 48.7 Å². The summed E-state index contributed by atoms with van der Waals surface area (Å²) in [6, 6.07) is 16.6. The van der Waals surface area contributed by atoms with Gasteiger partial charge in [-0.3, -0.25) is 0 Å². The van der Waals surface area contributed by atoms with Gasteiger partial charge in [0.25, 0.3) is 0 Å². The predicted octanol–water partition coefficient (Wildman–Crippen LogP) is 7.53. The fourth-order valence-corrected chi connectivity index (χ4v) is 8.74. The lowest BCUT2D eigenvalue weighted by Gasteiger charge is -2.02. The number of hydrogen-bond acceptors (Lipinski definition) is 9. The minimum absolute atomic E-state index is 0.738. The lowest BCUT2D eigenvalue weighted by molar-refractivity contribution is 0.911. The summed E-state index contributed by atoms with van der Waals surface area (Å²) in [5.41, 5.74) is 2.35. The quantitative estimate of drug-likeness (QED) is 0.174. The van der Waals surface area contributed by atoms with Gasteiger partial charge in [0.2, 0.25) is 0 Å². The summed E-state index contributed by atoms with van der Waals surface area (Å²) in [4.78, 5) is 0. The van der Waals surface area contributed by atoms with Crippen molar-refractivity contribution in [2.24, 2.45) is 0 Å². The van der Waals surface area contributed by atoms with Crippen LogP contribution in [-0.2, 0) is 11.8 Å². The molecule has 3 aromatic heterocycles. The van der Waals surface area contributed by atoms with Crippen LogP contribution in [0.3, 0.4) is 0 Å². The Kier molecular flexibility index (Phi) is 5.87. The molecule has 0 atom stereocenters. The molecule has 0 radical (unpaired) electrons. The van der Waals surface area contributed by atoms with Crippen LogP contribution in [0.4, 0.5) is 0 Å². The summed E-state index contributed by atoms with van der Waals surface area (Å²) in [5, 5.41) is 8.69. The molecule has 0 aliphatic heterocycles. The molecule has 0 fully saturated rings. The van der Waals surface area contributed by atoms with Crippen LogP contribution in [0.15, 0.2) is 57.2 Å². The van der Waals surface area contributed by atoms with Crippen molar-refractivity contribution in [2.45, 2.75) is 20.4 Å². The number of aromatic nitrogens is 4. The van der Waals surface area contributed by atoms with Crippen molar-refractivity contribution >= 4 is 102 Å². The van der Waals surface area contributed by atoms with E-state index in [-0.39, 0.29) is 0 Å². The number of fused-ring (bicyclic) bond motifs is 2. The topological polar surface area (TPSA) is 35.6 Å². The minimum atomic E-state index is 0.738. The van der Waals surface area contributed by atoms with E-state index in [1.165, 1.54) is 20.4 Å². The van der Waals surface area contributed by atoms with E-state index in [1.54, 1.807) is 57.5 Å². The van der Waals surface area contributed by atoms with Crippen LogP contribution in [0.25, 0.3) is 20.4 Å². The van der Waals surface area contributed by atoms with Crippen molar-refractivity contribution in [3.05, 3.63) is 56.4 Å². The van der Waals surface area contributed by atoms with Gasteiger partial charge >= 0.3 is 0 Å². The summed E-state index contributed by atoms with van der Waals surface area (Å²) < 4.78 is 10.4. The molecule has 0 bridgehead atoms. The standard InChI is InChI=1S/C18H12N4S7/c23-17-21(11-5-1-3-7-13(11)27-17)9-25-15-19-20-16(29-15)26-10-22-12-6-2-4-8-14(12)28-18(22)24/h1-8H,9-10H2. The van der Waals surface area contributed by atoms with Gasteiger partial charge < -0.3 is 9.13 Å². The van der Waals surface area contributed by atoms with Crippen LogP contribution >= 0.6 is 82.0 Å². The number of hydrogen-bond donors (Lipinski definition) is 0. The van der Waals surface area contributed by atoms with Crippen LogP contribution in [0.2, 0.25) is 0 Å². The SMILES string of the molecule is S=c1sc2ccccc2n1CSc1nnc(SCn2c(=S)sc3ccccc32)s1. The lowest BCUT2D eigenvalue weighted by Crippen LogP contribution is -1.93. The molecule has 0 amide bonds. The Balaban J connectivity index is 1.28. The molecule has 0 spiro atoms. The molecule has 0 unspecified atom stereocenters. The van der Waals surface area contributed by atoms with Crippen molar-refractivity contribution in [1.29, 1.82) is 0 Å². The van der Waals surface area contributed by atoms with Crippen molar-refractivity contribution in [2.75, 3.05) is 0 Å². The number of thioether (sulfide) groups is 2. The van der Waals surface area contributed by atoms with Crippen LogP contribution in [0.1, 0.15) is 0 Å². The summed E-state index contributed by atoms with van der Waals surface area (Å²) in [6.07, 6.45) is 0. The molecule has 3 heterocycles. The lowest BCUT2D eigenvalue weighted by atomic mass is 10.3. The first-order valence-electron chi connectivity index (χ1n) is 8.45. The molecule has 5 aromatic rings. The maximum Gasteiger partial charge on any atom is 0.176 e. The van der Waals surface area contributed by atoms with Gasteiger partial charge in [-0.2, -0.15) is 0 Å². The van der Waals surface area contributed by atoms with E-state index < -0.39 is 0 Å². The van der Waals surface area contributed by atoms with Gasteiger partial charge in [0.1, 0.15) is 0 Å². The average Bonchev–Trinajstić information content (AvgIpc) is 3.39. The van der Waals surface area contributed by atoms with E-state index in [1.807, 2.05) is 24.3 Å². The Bertz CT molecular complexity index is 1310. The molecule has 11 heteroatoms. The summed E-state index contributed by atoms with van der Waals surface area (Å²) in [7, 11) is 0. The monoisotopic (exact) mass is 508 g/mol. The van der Waals surface area contributed by atoms with E-state index >= 15 is 0 Å². The van der Waals surface area contributed by atoms with Crippen LogP contribution in [0, 0.1) is 7.91 Å². The van der Waals surface area contributed by atoms with E-state index in [9.17, 15) is 0 Å². The van der Waals surface area contributed by atoms with Crippen molar-refractivity contribution in [3.63, 3.8) is 0 Å². The maximum atomic E-state index is 5.53. The Morgan fingerprint density at radius 3 is 1.62 bits per heavy atom. The van der Waals surface area contributed by atoms with E-state index in [0.29, 0.717) is 0 Å². The van der Waals surface area contributed by atoms with Crippen LogP contribution < -0.4 is 0 Å². The molecule has 2 aromatic carbocycles. The third-order valence-electron chi connectivity index (χ3n) is 4.17. The smallest absolute Gasteiger partial charge is 0.176 e. The van der Waals surface area contributed by atoms with Crippen LogP contribution in [0.5, 0.6) is 0 Å². The highest BCUT2D eigenvalue weighted by Gasteiger charge is 2.10. The summed E-state index contributed by atoms with van der Waals surface area (Å²) >= 11 is 19.3. The molecule has 0 aliphatic rings. The second-order valence-corrected chi connectivity index (χ2v) is 12.6. The second kappa shape index (κ2) is 8.58. The van der Waals surface area contributed by atoms with Gasteiger partial charge in [0, 0.05) is 0 Å². The highest BCUT2D eigenvalue weighted by molar-refractivity contribution is 8.02. The van der Waals surface area contributed by atoms with Gasteiger partial charge in [0.15, 0.2) is 16.6 Å². The second-order valence-electron chi connectivity index (χ2n) is 5.91. The largest absolute Gasteiger partial charge is 0.313 e. The van der Waals surface area contributed by atoms with E-state index in [2.05, 4.69) is 43.6 Å². The van der Waals surface area contributed by atoms with Crippen molar-refractivity contribution in [3.8, 4) is 0 Å². The first-order valence-corrected chi connectivity index (χ1v) is 13.7. The van der Waals surface area contributed by atoms with E-state index in [4.69, 9.17) is 24.4 Å². The van der Waals surface area contributed by atoms with Crippen LogP contribution in [-0.4, -0.2) is 19.3 Å².